The Morgan fingerprint density at radius 3 is 2.64 bits per heavy atom. The Hall–Kier alpha value is -1.67. The standard InChI is InChI=1S/C14H22N2O5S/c1-3-6-16(7-5-12(17)18)9-11-10(15-14(20)22-11)8-13(19)21-4-2/h3-9H2,1-2H3,(H,15,20)(H,17,18). The third-order valence-electron chi connectivity index (χ3n) is 2.98. The van der Waals surface area contributed by atoms with Gasteiger partial charge < -0.3 is 14.8 Å². The summed E-state index contributed by atoms with van der Waals surface area (Å²) in [5.74, 6) is -1.24. The van der Waals surface area contributed by atoms with Crippen LogP contribution < -0.4 is 4.87 Å². The van der Waals surface area contributed by atoms with Crippen molar-refractivity contribution in [3.8, 4) is 0 Å². The van der Waals surface area contributed by atoms with Gasteiger partial charge >= 0.3 is 16.8 Å². The molecular weight excluding hydrogens is 308 g/mol. The predicted octanol–water partition coefficient (Wildman–Crippen LogP) is 1.23. The molecule has 0 aromatic carbocycles. The molecule has 0 aliphatic carbocycles. The first kappa shape index (κ1) is 18.4. The van der Waals surface area contributed by atoms with E-state index in [0.29, 0.717) is 25.4 Å². The number of carbonyl (C=O) groups is 2. The van der Waals surface area contributed by atoms with Crippen molar-refractivity contribution < 1.29 is 19.4 Å². The highest BCUT2D eigenvalue weighted by molar-refractivity contribution is 7.09. The Kier molecular flexibility index (Phi) is 7.83. The molecule has 2 N–H and O–H groups in total. The van der Waals surface area contributed by atoms with Crippen molar-refractivity contribution >= 4 is 23.3 Å². The normalized spacial score (nSPS) is 10.9. The van der Waals surface area contributed by atoms with E-state index in [-0.39, 0.29) is 23.7 Å². The van der Waals surface area contributed by atoms with Crippen molar-refractivity contribution in [2.24, 2.45) is 0 Å². The molecule has 0 fully saturated rings. The zero-order valence-electron chi connectivity index (χ0n) is 12.9. The van der Waals surface area contributed by atoms with E-state index < -0.39 is 5.97 Å². The highest BCUT2D eigenvalue weighted by Crippen LogP contribution is 2.14. The van der Waals surface area contributed by atoms with E-state index in [2.05, 4.69) is 4.98 Å². The Labute approximate surface area is 132 Å². The molecule has 1 aromatic rings. The molecule has 0 unspecified atom stereocenters. The number of carbonyl (C=O) groups excluding carboxylic acids is 1. The number of aromatic amines is 1. The van der Waals surface area contributed by atoms with Crippen LogP contribution in [-0.2, 0) is 27.3 Å². The number of aliphatic carboxylic acids is 1. The number of H-pyrrole nitrogens is 1. The van der Waals surface area contributed by atoms with Gasteiger partial charge in [-0.05, 0) is 19.9 Å². The van der Waals surface area contributed by atoms with Crippen LogP contribution in [0.25, 0.3) is 0 Å². The number of rotatable bonds is 10. The SMILES string of the molecule is CCCN(CCC(=O)O)Cc1sc(=O)[nH]c1CC(=O)OCC. The summed E-state index contributed by atoms with van der Waals surface area (Å²) < 4.78 is 4.89. The molecule has 1 rings (SSSR count). The quantitative estimate of drug-likeness (QED) is 0.626. The summed E-state index contributed by atoms with van der Waals surface area (Å²) in [5.41, 5.74) is 0.560. The average Bonchev–Trinajstić information content (AvgIpc) is 2.76. The summed E-state index contributed by atoms with van der Waals surface area (Å²) in [6, 6.07) is 0. The molecule has 0 aliphatic rings. The van der Waals surface area contributed by atoms with Crippen LogP contribution in [0.1, 0.15) is 37.3 Å². The molecule has 1 aromatic heterocycles. The summed E-state index contributed by atoms with van der Waals surface area (Å²) in [6.45, 7) is 5.63. The van der Waals surface area contributed by atoms with Gasteiger partial charge in [0.05, 0.1) is 19.4 Å². The zero-order valence-corrected chi connectivity index (χ0v) is 13.7. The molecule has 8 heteroatoms. The van der Waals surface area contributed by atoms with Crippen molar-refractivity contribution in [1.82, 2.24) is 9.88 Å². The van der Waals surface area contributed by atoms with E-state index in [4.69, 9.17) is 9.84 Å². The predicted molar refractivity (Wildman–Crippen MR) is 83.1 cm³/mol. The fourth-order valence-electron chi connectivity index (χ4n) is 2.06. The van der Waals surface area contributed by atoms with E-state index >= 15 is 0 Å². The van der Waals surface area contributed by atoms with Crippen LogP contribution >= 0.6 is 11.3 Å². The number of esters is 1. The Bertz CT molecular complexity index is 552. The number of nitrogens with zero attached hydrogens (tertiary/aromatic N) is 1. The number of carboxylic acids is 1. The molecule has 1 heterocycles. The van der Waals surface area contributed by atoms with Crippen LogP contribution in [0.4, 0.5) is 0 Å². The lowest BCUT2D eigenvalue weighted by molar-refractivity contribution is -0.142. The van der Waals surface area contributed by atoms with Crippen LogP contribution in [0.3, 0.4) is 0 Å². The fraction of sp³-hybridized carbons (Fsp3) is 0.643. The van der Waals surface area contributed by atoms with Crippen LogP contribution in [0, 0.1) is 0 Å². The van der Waals surface area contributed by atoms with Gasteiger partial charge in [-0.25, -0.2) is 0 Å². The van der Waals surface area contributed by atoms with Gasteiger partial charge in [0.15, 0.2) is 0 Å². The number of thiazole rings is 1. The van der Waals surface area contributed by atoms with E-state index in [9.17, 15) is 14.4 Å². The van der Waals surface area contributed by atoms with Gasteiger partial charge in [-0.1, -0.05) is 18.3 Å². The second kappa shape index (κ2) is 9.37. The van der Waals surface area contributed by atoms with Crippen LogP contribution in [0.15, 0.2) is 4.79 Å². The Morgan fingerprint density at radius 2 is 2.05 bits per heavy atom. The summed E-state index contributed by atoms with van der Waals surface area (Å²) in [4.78, 5) is 39.0. The monoisotopic (exact) mass is 330 g/mol. The smallest absolute Gasteiger partial charge is 0.311 e. The van der Waals surface area contributed by atoms with Crippen molar-refractivity contribution in [3.05, 3.63) is 20.2 Å². The highest BCUT2D eigenvalue weighted by atomic mass is 32.1. The fourth-order valence-corrected chi connectivity index (χ4v) is 2.95. The van der Waals surface area contributed by atoms with Gasteiger partial charge in [0.25, 0.3) is 0 Å². The molecule has 0 saturated heterocycles. The van der Waals surface area contributed by atoms with Crippen molar-refractivity contribution in [2.45, 2.75) is 39.7 Å². The van der Waals surface area contributed by atoms with Gasteiger partial charge in [-0.2, -0.15) is 0 Å². The van der Waals surface area contributed by atoms with Crippen molar-refractivity contribution in [1.29, 1.82) is 0 Å². The van der Waals surface area contributed by atoms with Gasteiger partial charge in [0, 0.05) is 23.7 Å². The lowest BCUT2D eigenvalue weighted by Crippen LogP contribution is -2.27. The summed E-state index contributed by atoms with van der Waals surface area (Å²) >= 11 is 1.05. The first-order chi connectivity index (χ1) is 10.5. The second-order valence-electron chi connectivity index (χ2n) is 4.82. The topological polar surface area (TPSA) is 99.7 Å². The third kappa shape index (κ3) is 6.40. The number of hydrogen-bond donors (Lipinski definition) is 2. The van der Waals surface area contributed by atoms with E-state index in [0.717, 1.165) is 29.2 Å². The molecule has 0 spiro atoms. The van der Waals surface area contributed by atoms with E-state index in [1.807, 2.05) is 11.8 Å². The van der Waals surface area contributed by atoms with Crippen molar-refractivity contribution in [3.63, 3.8) is 0 Å². The Morgan fingerprint density at radius 1 is 1.32 bits per heavy atom. The average molecular weight is 330 g/mol. The van der Waals surface area contributed by atoms with E-state index in [1.54, 1.807) is 6.92 Å². The lowest BCUT2D eigenvalue weighted by Gasteiger charge is -2.20. The van der Waals surface area contributed by atoms with Gasteiger partial charge in [-0.3, -0.25) is 19.3 Å². The van der Waals surface area contributed by atoms with Crippen LogP contribution in [0.2, 0.25) is 0 Å². The zero-order chi connectivity index (χ0) is 16.5. The third-order valence-corrected chi connectivity index (χ3v) is 3.89. The largest absolute Gasteiger partial charge is 0.481 e. The molecular formula is C14H22N2O5S. The Balaban J connectivity index is 2.78. The highest BCUT2D eigenvalue weighted by Gasteiger charge is 2.16. The molecule has 0 bridgehead atoms. The number of ether oxygens (including phenoxy) is 1. The molecule has 22 heavy (non-hydrogen) atoms. The number of aromatic nitrogens is 1. The number of hydrogen-bond acceptors (Lipinski definition) is 6. The molecule has 0 saturated carbocycles. The maximum Gasteiger partial charge on any atom is 0.311 e. The van der Waals surface area contributed by atoms with Gasteiger partial charge in [0.2, 0.25) is 0 Å². The maximum absolute atomic E-state index is 11.6. The molecule has 7 nitrogen and oxygen atoms in total. The molecule has 0 radical (unpaired) electrons. The summed E-state index contributed by atoms with van der Waals surface area (Å²) in [6.07, 6.45) is 0.958. The second-order valence-corrected chi connectivity index (χ2v) is 5.89. The number of nitrogens with one attached hydrogen (secondary N) is 1. The maximum atomic E-state index is 11.6. The van der Waals surface area contributed by atoms with Crippen LogP contribution in [0.5, 0.6) is 0 Å². The minimum atomic E-state index is -0.852. The lowest BCUT2D eigenvalue weighted by atomic mass is 10.2. The molecule has 0 aliphatic heterocycles. The van der Waals surface area contributed by atoms with Crippen molar-refractivity contribution in [2.75, 3.05) is 19.7 Å². The summed E-state index contributed by atoms with van der Waals surface area (Å²) in [5, 5.41) is 8.79. The van der Waals surface area contributed by atoms with Gasteiger partial charge in [0.1, 0.15) is 0 Å². The first-order valence-corrected chi connectivity index (χ1v) is 8.08. The molecule has 0 atom stereocenters. The summed E-state index contributed by atoms with van der Waals surface area (Å²) in [7, 11) is 0. The minimum absolute atomic E-state index is 0.0286. The molecule has 124 valence electrons. The molecule has 0 amide bonds. The first-order valence-electron chi connectivity index (χ1n) is 7.26. The minimum Gasteiger partial charge on any atom is -0.481 e. The number of carboxylic acid groups (broad SMARTS) is 1. The van der Waals surface area contributed by atoms with Crippen LogP contribution in [-0.4, -0.2) is 46.6 Å². The van der Waals surface area contributed by atoms with E-state index in [1.165, 1.54) is 0 Å². The van der Waals surface area contributed by atoms with Gasteiger partial charge in [-0.15, -0.1) is 0 Å².